The van der Waals surface area contributed by atoms with Crippen LogP contribution in [0.1, 0.15) is 76.2 Å². The third kappa shape index (κ3) is 8.65. The molecule has 2 aromatic carbocycles. The Bertz CT molecular complexity index is 1090. The summed E-state index contributed by atoms with van der Waals surface area (Å²) in [7, 11) is -3.99. The van der Waals surface area contributed by atoms with Crippen LogP contribution in [0.15, 0.2) is 58.5 Å². The number of hydrogen-bond donors (Lipinski definition) is 1. The second kappa shape index (κ2) is 13.6. The minimum absolute atomic E-state index is 0.113. The number of aryl methyl sites for hydroxylation is 1. The molecule has 0 spiro atoms. The Morgan fingerprint density at radius 2 is 1.49 bits per heavy atom. The Hall–Kier alpha value is -2.38. The Morgan fingerprint density at radius 3 is 2.06 bits per heavy atom. The monoisotopic (exact) mass is 517 g/mol. The smallest absolute Gasteiger partial charge is 0.264 e. The molecule has 1 amide bonds. The Balaban J connectivity index is 1.76. The van der Waals surface area contributed by atoms with Gasteiger partial charge in [0.05, 0.1) is 10.6 Å². The minimum atomic E-state index is -3.99. The number of hydrazone groups is 1. The number of carbonyl (C=O) groups is 1. The summed E-state index contributed by atoms with van der Waals surface area (Å²) in [5.74, 6) is -0.487. The second-order valence-corrected chi connectivity index (χ2v) is 11.5. The predicted molar refractivity (Wildman–Crippen MR) is 144 cm³/mol. The maximum atomic E-state index is 13.5. The van der Waals surface area contributed by atoms with Crippen molar-refractivity contribution in [3.05, 3.63) is 59.1 Å². The minimum Gasteiger partial charge on any atom is -0.271 e. The van der Waals surface area contributed by atoms with Gasteiger partial charge in [0.1, 0.15) is 6.54 Å². The van der Waals surface area contributed by atoms with E-state index in [4.69, 9.17) is 11.6 Å². The van der Waals surface area contributed by atoms with Gasteiger partial charge in [0, 0.05) is 10.7 Å². The fourth-order valence-electron chi connectivity index (χ4n) is 4.22. The van der Waals surface area contributed by atoms with Crippen LogP contribution < -0.4 is 9.73 Å². The molecular weight excluding hydrogens is 482 g/mol. The highest BCUT2D eigenvalue weighted by Gasteiger charge is 2.27. The van der Waals surface area contributed by atoms with Gasteiger partial charge in [-0.2, -0.15) is 5.10 Å². The largest absolute Gasteiger partial charge is 0.271 e. The topological polar surface area (TPSA) is 78.8 Å². The van der Waals surface area contributed by atoms with Gasteiger partial charge < -0.3 is 0 Å². The summed E-state index contributed by atoms with van der Waals surface area (Å²) in [6.07, 6.45) is 12.6. The third-order valence-corrected chi connectivity index (χ3v) is 8.28. The molecule has 1 N–H and O–H groups in total. The number of rotatable bonds is 6. The summed E-state index contributed by atoms with van der Waals surface area (Å²) in [4.78, 5) is 13.0. The van der Waals surface area contributed by atoms with E-state index in [1.807, 2.05) is 6.92 Å². The SMILES string of the molecule is Cc1ccc(S(=O)(=O)N(CC(=O)NN=C2CCCCCCCCCCC2)c2cccc(Cl)c2)cc1. The number of nitrogens with zero attached hydrogens (tertiary/aromatic N) is 2. The Kier molecular flexibility index (Phi) is 10.6. The van der Waals surface area contributed by atoms with Crippen molar-refractivity contribution in [2.75, 3.05) is 10.8 Å². The van der Waals surface area contributed by atoms with Crippen LogP contribution in [0.5, 0.6) is 0 Å². The molecule has 1 aliphatic carbocycles. The standard InChI is InChI=1S/C27H36ClN3O3S/c1-22-16-18-26(19-17-22)35(33,34)31(25-15-11-12-23(28)20-25)21-27(32)30-29-24-13-9-7-5-3-2-4-6-8-10-14-24/h11-12,15-20H,2-10,13-14,21H2,1H3,(H,30,32). The van der Waals surface area contributed by atoms with Crippen LogP contribution in [0.3, 0.4) is 0 Å². The molecule has 8 heteroatoms. The number of anilines is 1. The van der Waals surface area contributed by atoms with Gasteiger partial charge in [-0.15, -0.1) is 0 Å². The van der Waals surface area contributed by atoms with E-state index in [2.05, 4.69) is 10.5 Å². The second-order valence-electron chi connectivity index (χ2n) is 9.20. The van der Waals surface area contributed by atoms with Gasteiger partial charge >= 0.3 is 0 Å². The van der Waals surface area contributed by atoms with Crippen molar-refractivity contribution >= 4 is 38.9 Å². The van der Waals surface area contributed by atoms with Gasteiger partial charge in [-0.1, -0.05) is 80.3 Å². The molecule has 0 unspecified atom stereocenters. The lowest BCUT2D eigenvalue weighted by atomic mass is 10.00. The number of hydrogen-bond acceptors (Lipinski definition) is 4. The summed E-state index contributed by atoms with van der Waals surface area (Å²) in [5, 5.41) is 4.80. The van der Waals surface area contributed by atoms with E-state index in [0.717, 1.165) is 41.3 Å². The van der Waals surface area contributed by atoms with Crippen LogP contribution in [0.25, 0.3) is 0 Å². The number of nitrogens with one attached hydrogen (secondary N) is 1. The molecule has 0 saturated heterocycles. The van der Waals surface area contributed by atoms with Crippen molar-refractivity contribution in [2.24, 2.45) is 5.10 Å². The molecule has 0 heterocycles. The van der Waals surface area contributed by atoms with Crippen molar-refractivity contribution in [2.45, 2.75) is 82.4 Å². The molecule has 0 bridgehead atoms. The Labute approximate surface area is 214 Å². The molecular formula is C27H36ClN3O3S. The Morgan fingerprint density at radius 1 is 0.914 bits per heavy atom. The summed E-state index contributed by atoms with van der Waals surface area (Å²) < 4.78 is 28.0. The fourth-order valence-corrected chi connectivity index (χ4v) is 5.82. The van der Waals surface area contributed by atoms with E-state index in [1.165, 1.54) is 44.9 Å². The van der Waals surface area contributed by atoms with E-state index in [9.17, 15) is 13.2 Å². The first kappa shape index (κ1) is 27.2. The zero-order chi connectivity index (χ0) is 25.1. The highest BCUT2D eigenvalue weighted by Crippen LogP contribution is 2.26. The molecule has 0 aromatic heterocycles. The molecule has 1 aliphatic rings. The molecule has 3 rings (SSSR count). The highest BCUT2D eigenvalue weighted by atomic mass is 35.5. The molecule has 0 aliphatic heterocycles. The van der Waals surface area contributed by atoms with Gasteiger partial charge in [-0.25, -0.2) is 13.8 Å². The first-order valence-electron chi connectivity index (χ1n) is 12.6. The molecule has 1 saturated carbocycles. The maximum Gasteiger partial charge on any atom is 0.264 e. The maximum absolute atomic E-state index is 13.5. The normalized spacial score (nSPS) is 16.0. The van der Waals surface area contributed by atoms with Crippen LogP contribution in [-0.2, 0) is 14.8 Å². The van der Waals surface area contributed by atoms with E-state index in [0.29, 0.717) is 10.7 Å². The third-order valence-electron chi connectivity index (χ3n) is 6.26. The van der Waals surface area contributed by atoms with Crippen LogP contribution in [0.4, 0.5) is 5.69 Å². The zero-order valence-electron chi connectivity index (χ0n) is 20.5. The zero-order valence-corrected chi connectivity index (χ0v) is 22.1. The summed E-state index contributed by atoms with van der Waals surface area (Å²) in [6, 6.07) is 13.1. The van der Waals surface area contributed by atoms with Crippen LogP contribution >= 0.6 is 11.6 Å². The fraction of sp³-hybridized carbons (Fsp3) is 0.481. The van der Waals surface area contributed by atoms with Crippen LogP contribution in [0, 0.1) is 6.92 Å². The molecule has 190 valence electrons. The first-order valence-corrected chi connectivity index (χ1v) is 14.4. The summed E-state index contributed by atoms with van der Waals surface area (Å²) in [6.45, 7) is 1.49. The van der Waals surface area contributed by atoms with E-state index in [-0.39, 0.29) is 4.90 Å². The lowest BCUT2D eigenvalue weighted by Gasteiger charge is -2.24. The number of carbonyl (C=O) groups excluding carboxylic acids is 1. The van der Waals surface area contributed by atoms with Crippen molar-refractivity contribution in [3.8, 4) is 0 Å². The van der Waals surface area contributed by atoms with Crippen molar-refractivity contribution in [1.29, 1.82) is 0 Å². The van der Waals surface area contributed by atoms with Crippen molar-refractivity contribution < 1.29 is 13.2 Å². The average molecular weight is 518 g/mol. The number of sulfonamides is 1. The van der Waals surface area contributed by atoms with Gasteiger partial charge in [0.25, 0.3) is 15.9 Å². The van der Waals surface area contributed by atoms with Crippen molar-refractivity contribution in [3.63, 3.8) is 0 Å². The first-order chi connectivity index (χ1) is 16.9. The highest BCUT2D eigenvalue weighted by molar-refractivity contribution is 7.92. The van der Waals surface area contributed by atoms with Gasteiger partial charge in [0.15, 0.2) is 0 Å². The molecule has 0 atom stereocenters. The average Bonchev–Trinajstić information content (AvgIpc) is 2.82. The lowest BCUT2D eigenvalue weighted by molar-refractivity contribution is -0.119. The summed E-state index contributed by atoms with van der Waals surface area (Å²) in [5.41, 5.74) is 4.88. The molecule has 0 radical (unpaired) electrons. The van der Waals surface area contributed by atoms with Gasteiger partial charge in [-0.3, -0.25) is 9.10 Å². The molecule has 35 heavy (non-hydrogen) atoms. The van der Waals surface area contributed by atoms with E-state index < -0.39 is 22.5 Å². The molecule has 6 nitrogen and oxygen atoms in total. The number of halogens is 1. The van der Waals surface area contributed by atoms with Crippen LogP contribution in [-0.4, -0.2) is 26.6 Å². The summed E-state index contributed by atoms with van der Waals surface area (Å²) >= 11 is 6.14. The lowest BCUT2D eigenvalue weighted by Crippen LogP contribution is -2.39. The predicted octanol–water partition coefficient (Wildman–Crippen LogP) is 6.62. The number of amides is 1. The van der Waals surface area contributed by atoms with Gasteiger partial charge in [0.2, 0.25) is 0 Å². The quantitative estimate of drug-likeness (QED) is 0.437. The molecule has 1 fully saturated rings. The van der Waals surface area contributed by atoms with E-state index >= 15 is 0 Å². The van der Waals surface area contributed by atoms with Gasteiger partial charge in [-0.05, 0) is 62.9 Å². The van der Waals surface area contributed by atoms with Crippen molar-refractivity contribution in [1.82, 2.24) is 5.43 Å². The van der Waals surface area contributed by atoms with E-state index in [1.54, 1.807) is 48.5 Å². The van der Waals surface area contributed by atoms with Crippen LogP contribution in [0.2, 0.25) is 5.02 Å². The molecule has 2 aromatic rings. The number of benzene rings is 2.